The van der Waals surface area contributed by atoms with Crippen molar-refractivity contribution in [3.8, 4) is 0 Å². The summed E-state index contributed by atoms with van der Waals surface area (Å²) in [5, 5.41) is 33.7. The average molecular weight is 399 g/mol. The lowest BCUT2D eigenvalue weighted by molar-refractivity contribution is -0.0953. The summed E-state index contributed by atoms with van der Waals surface area (Å²) in [6.45, 7) is 8.12. The van der Waals surface area contributed by atoms with Crippen molar-refractivity contribution in [3.63, 3.8) is 0 Å². The Morgan fingerprint density at radius 1 is 1.36 bits per heavy atom. The molecule has 1 aliphatic heterocycles. The quantitative estimate of drug-likeness (QED) is 0.536. The summed E-state index contributed by atoms with van der Waals surface area (Å²) in [5.74, 6) is -1.41. The molecule has 0 fully saturated rings. The Hall–Kier alpha value is -2.61. The number of ether oxygens (including phenoxy) is 1. The van der Waals surface area contributed by atoms with E-state index in [-0.39, 0.29) is 35.7 Å². The summed E-state index contributed by atoms with van der Waals surface area (Å²) >= 11 is 0. The van der Waals surface area contributed by atoms with Crippen LogP contribution in [-0.4, -0.2) is 40.2 Å². The van der Waals surface area contributed by atoms with Crippen LogP contribution in [0.1, 0.15) is 19.8 Å². The van der Waals surface area contributed by atoms with E-state index in [4.69, 9.17) is 4.74 Å². The van der Waals surface area contributed by atoms with Crippen LogP contribution in [0, 0.1) is 5.92 Å². The van der Waals surface area contributed by atoms with Crippen molar-refractivity contribution < 1.29 is 33.2 Å². The Bertz CT molecular complexity index is 762. The molecule has 0 aromatic rings. The number of halogens is 3. The van der Waals surface area contributed by atoms with Gasteiger partial charge in [-0.2, -0.15) is 13.2 Å². The summed E-state index contributed by atoms with van der Waals surface area (Å²) < 4.78 is 45.2. The van der Waals surface area contributed by atoms with Crippen molar-refractivity contribution in [1.29, 1.82) is 0 Å². The zero-order valence-corrected chi connectivity index (χ0v) is 15.5. The molecule has 8 heteroatoms. The highest BCUT2D eigenvalue weighted by molar-refractivity contribution is 5.45. The number of alkyl halides is 3. The molecule has 28 heavy (non-hydrogen) atoms. The first-order valence-corrected chi connectivity index (χ1v) is 8.73. The second-order valence-corrected chi connectivity index (χ2v) is 6.65. The standard InChI is InChI=1S/C20H24F3NO4/c1-4-24-17(12(3)20(21,22)23)14-10-28-9-5-6-13-7-8-15(25)19(27)16(13)11(2)18(14)26/h4-6,10-11,17-18,24-27H,1,3,7-9H2,2H3/b6-5-,14-10-. The first-order chi connectivity index (χ1) is 13.1. The highest BCUT2D eigenvalue weighted by Crippen LogP contribution is 2.38. The predicted molar refractivity (Wildman–Crippen MR) is 99.2 cm³/mol. The molecule has 2 rings (SSSR count). The van der Waals surface area contributed by atoms with Crippen molar-refractivity contribution >= 4 is 0 Å². The lowest BCUT2D eigenvalue weighted by Gasteiger charge is -2.33. The van der Waals surface area contributed by atoms with Gasteiger partial charge >= 0.3 is 6.18 Å². The van der Waals surface area contributed by atoms with Crippen LogP contribution in [0.15, 0.2) is 71.6 Å². The maximum atomic E-state index is 13.3. The minimum atomic E-state index is -4.71. The van der Waals surface area contributed by atoms with Crippen molar-refractivity contribution in [2.45, 2.75) is 38.1 Å². The van der Waals surface area contributed by atoms with Crippen LogP contribution < -0.4 is 5.32 Å². The van der Waals surface area contributed by atoms with Gasteiger partial charge in [-0.15, -0.1) is 0 Å². The molecule has 3 atom stereocenters. The second kappa shape index (κ2) is 8.60. The van der Waals surface area contributed by atoms with E-state index in [1.54, 1.807) is 19.1 Å². The first kappa shape index (κ1) is 21.7. The molecule has 1 aliphatic carbocycles. The average Bonchev–Trinajstić information content (AvgIpc) is 2.63. The van der Waals surface area contributed by atoms with E-state index in [1.807, 2.05) is 0 Å². The van der Waals surface area contributed by atoms with Gasteiger partial charge in [-0.1, -0.05) is 26.2 Å². The van der Waals surface area contributed by atoms with Gasteiger partial charge in [-0.05, 0) is 24.3 Å². The first-order valence-electron chi connectivity index (χ1n) is 8.73. The summed E-state index contributed by atoms with van der Waals surface area (Å²) in [6.07, 6.45) is -0.0114. The molecule has 0 aromatic carbocycles. The van der Waals surface area contributed by atoms with Crippen molar-refractivity contribution in [3.05, 3.63) is 71.6 Å². The van der Waals surface area contributed by atoms with Crippen LogP contribution in [0.5, 0.6) is 0 Å². The van der Waals surface area contributed by atoms with Crippen LogP contribution in [0.2, 0.25) is 0 Å². The lowest BCUT2D eigenvalue weighted by Crippen LogP contribution is -2.41. The van der Waals surface area contributed by atoms with Crippen LogP contribution in [0.4, 0.5) is 13.2 Å². The Labute approximate surface area is 161 Å². The number of aliphatic hydroxyl groups is 3. The zero-order chi connectivity index (χ0) is 21.1. The minimum Gasteiger partial charge on any atom is -0.508 e. The van der Waals surface area contributed by atoms with Gasteiger partial charge in [0.2, 0.25) is 0 Å². The predicted octanol–water partition coefficient (Wildman–Crippen LogP) is 4.09. The van der Waals surface area contributed by atoms with E-state index in [0.29, 0.717) is 12.0 Å². The third-order valence-electron chi connectivity index (χ3n) is 4.84. The summed E-state index contributed by atoms with van der Waals surface area (Å²) in [4.78, 5) is 0. The third kappa shape index (κ3) is 4.44. The third-order valence-corrected chi connectivity index (χ3v) is 4.84. The van der Waals surface area contributed by atoms with E-state index in [2.05, 4.69) is 18.5 Å². The molecule has 1 heterocycles. The fourth-order valence-corrected chi connectivity index (χ4v) is 3.32. The Morgan fingerprint density at radius 2 is 2.04 bits per heavy atom. The van der Waals surface area contributed by atoms with Gasteiger partial charge < -0.3 is 25.4 Å². The van der Waals surface area contributed by atoms with Gasteiger partial charge in [0.1, 0.15) is 12.4 Å². The van der Waals surface area contributed by atoms with E-state index in [1.165, 1.54) is 0 Å². The molecular weight excluding hydrogens is 375 g/mol. The second-order valence-electron chi connectivity index (χ2n) is 6.65. The topological polar surface area (TPSA) is 82.0 Å². The van der Waals surface area contributed by atoms with E-state index >= 15 is 0 Å². The van der Waals surface area contributed by atoms with E-state index in [0.717, 1.165) is 12.5 Å². The number of rotatable bonds is 4. The van der Waals surface area contributed by atoms with E-state index < -0.39 is 29.8 Å². The molecule has 0 amide bonds. The van der Waals surface area contributed by atoms with Gasteiger partial charge in [-0.3, -0.25) is 0 Å². The van der Waals surface area contributed by atoms with Gasteiger partial charge in [0.05, 0.1) is 24.0 Å². The summed E-state index contributed by atoms with van der Waals surface area (Å²) in [7, 11) is 0. The zero-order valence-electron chi connectivity index (χ0n) is 15.5. The number of hydrogen-bond donors (Lipinski definition) is 4. The molecule has 0 spiro atoms. The minimum absolute atomic E-state index is 0.0527. The van der Waals surface area contributed by atoms with Gasteiger partial charge in [-0.25, -0.2) is 0 Å². The molecule has 0 saturated carbocycles. The molecule has 4 N–H and O–H groups in total. The number of allylic oxidation sites excluding steroid dienone is 4. The molecule has 0 radical (unpaired) electrons. The van der Waals surface area contributed by atoms with Crippen LogP contribution in [0.25, 0.3) is 0 Å². The lowest BCUT2D eigenvalue weighted by atomic mass is 9.80. The smallest absolute Gasteiger partial charge is 0.414 e. The van der Waals surface area contributed by atoms with Crippen LogP contribution in [-0.2, 0) is 4.74 Å². The monoisotopic (exact) mass is 399 g/mol. The molecule has 0 saturated heterocycles. The van der Waals surface area contributed by atoms with Crippen molar-refractivity contribution in [2.24, 2.45) is 5.92 Å². The fraction of sp³-hybridized carbons (Fsp3) is 0.400. The van der Waals surface area contributed by atoms with Crippen LogP contribution in [0.3, 0.4) is 0 Å². The normalized spacial score (nSPS) is 27.7. The largest absolute Gasteiger partial charge is 0.508 e. The van der Waals surface area contributed by atoms with Crippen LogP contribution >= 0.6 is 0 Å². The highest BCUT2D eigenvalue weighted by Gasteiger charge is 2.41. The van der Waals surface area contributed by atoms with Gasteiger partial charge in [0.15, 0.2) is 5.76 Å². The molecule has 2 aliphatic rings. The van der Waals surface area contributed by atoms with Crippen molar-refractivity contribution in [1.82, 2.24) is 5.32 Å². The van der Waals surface area contributed by atoms with E-state index in [9.17, 15) is 28.5 Å². The molecule has 5 nitrogen and oxygen atoms in total. The Balaban J connectivity index is 2.54. The fourth-order valence-electron chi connectivity index (χ4n) is 3.32. The Morgan fingerprint density at radius 3 is 2.64 bits per heavy atom. The summed E-state index contributed by atoms with van der Waals surface area (Å²) in [6, 6.07) is -1.51. The van der Waals surface area contributed by atoms with Gasteiger partial charge in [0.25, 0.3) is 0 Å². The molecule has 154 valence electrons. The molecule has 0 bridgehead atoms. The summed E-state index contributed by atoms with van der Waals surface area (Å²) in [5.41, 5.74) is -0.277. The Kier molecular flexibility index (Phi) is 6.66. The number of aliphatic hydroxyl groups excluding tert-OH is 3. The number of nitrogens with one attached hydrogen (secondary N) is 1. The van der Waals surface area contributed by atoms with Gasteiger partial charge in [0, 0.05) is 23.5 Å². The SMILES string of the molecule is C=CNC(C(=C)C(F)(F)F)/C1=C/OC/C=C\C2=C(C(O)=C(O)CC2)C(C)C1O. The molecule has 0 aromatic heterocycles. The maximum Gasteiger partial charge on any atom is 0.414 e. The highest BCUT2D eigenvalue weighted by atomic mass is 19.4. The molecule has 3 unspecified atom stereocenters. The van der Waals surface area contributed by atoms with Crippen molar-refractivity contribution in [2.75, 3.05) is 6.61 Å². The maximum absolute atomic E-state index is 13.3. The number of hydrogen-bond acceptors (Lipinski definition) is 5. The molecular formula is C20H24F3NO4.